The van der Waals surface area contributed by atoms with E-state index in [1.54, 1.807) is 13.3 Å². The molecule has 0 aliphatic carbocycles. The third kappa shape index (κ3) is 7.73. The molecule has 10 rings (SSSR count). The number of para-hydroxylation sites is 5. The third-order valence-electron chi connectivity index (χ3n) is 12.1. The largest absolute Gasteiger partial charge is 0.497 e. The molecule has 8 aromatic carbocycles. The number of nitrogens with zero attached hydrogens (tertiary/aromatic N) is 4. The number of anilines is 1. The molecule has 0 amide bonds. The smallest absolute Gasteiger partial charge is 0.231 e. The van der Waals surface area contributed by atoms with Crippen LogP contribution in [0.5, 0.6) is 0 Å². The van der Waals surface area contributed by atoms with Crippen LogP contribution in [0.25, 0.3) is 77.3 Å². The van der Waals surface area contributed by atoms with Crippen molar-refractivity contribution in [3.63, 3.8) is 0 Å². The van der Waals surface area contributed by atoms with Gasteiger partial charge in [-0.3, -0.25) is 0 Å². The zero-order valence-electron chi connectivity index (χ0n) is 37.0. The number of amidine groups is 1. The van der Waals surface area contributed by atoms with Crippen molar-refractivity contribution in [1.82, 2.24) is 9.88 Å². The quantitative estimate of drug-likeness (QED) is 0.0644. The van der Waals surface area contributed by atoms with Crippen molar-refractivity contribution in [2.24, 2.45) is 9.98 Å². The number of guanidine groups is 1. The van der Waals surface area contributed by atoms with Crippen LogP contribution in [0.3, 0.4) is 0 Å². The molecule has 66 heavy (non-hydrogen) atoms. The molecule has 0 saturated heterocycles. The van der Waals surface area contributed by atoms with Gasteiger partial charge >= 0.3 is 0 Å². The number of nitrogens with one attached hydrogen (secondary N) is 1. The van der Waals surface area contributed by atoms with Gasteiger partial charge in [0.25, 0.3) is 0 Å². The van der Waals surface area contributed by atoms with Crippen LogP contribution in [0.4, 0.5) is 5.69 Å². The molecule has 7 nitrogen and oxygen atoms in total. The summed E-state index contributed by atoms with van der Waals surface area (Å²) < 4.78 is 14.4. The molecule has 2 aromatic heterocycles. The Balaban J connectivity index is 1.10. The standard InChI is InChI=1S/C59H47N5O2/c1-40(65-4)44(41-21-7-5-8-22-41)32-20-38-61-59(62-58(60-2)51-31-19-30-50-49-29-15-18-35-56(49)66-57(50)51)63(3)53-33-16-13-27-47(53)46-26-12-11-25-45(46)42-36-37-55-52(39-42)48-28-14-17-34-54(48)64(55)43-23-9-6-10-24-43/h5-39H,1H2,2-4H3,(H,60,61,62)/b38-20-,44-32+. The van der Waals surface area contributed by atoms with E-state index in [0.29, 0.717) is 17.6 Å². The molecule has 0 aliphatic rings. The Kier molecular flexibility index (Phi) is 11.4. The molecule has 7 heteroatoms. The number of rotatable bonds is 10. The zero-order valence-corrected chi connectivity index (χ0v) is 37.0. The Labute approximate surface area is 384 Å². The highest BCUT2D eigenvalue weighted by Gasteiger charge is 2.20. The molecule has 0 fully saturated rings. The molecular weight excluding hydrogens is 811 g/mol. The van der Waals surface area contributed by atoms with Gasteiger partial charge in [-0.15, -0.1) is 0 Å². The summed E-state index contributed by atoms with van der Waals surface area (Å²) in [5, 5.41) is 7.84. The fraction of sp³-hybridized carbons (Fsp3) is 0.0508. The Hall–Kier alpha value is -8.68. The summed E-state index contributed by atoms with van der Waals surface area (Å²) in [5.41, 5.74) is 13.0. The summed E-state index contributed by atoms with van der Waals surface area (Å²) in [6.45, 7) is 4.16. The van der Waals surface area contributed by atoms with Crippen LogP contribution < -0.4 is 10.2 Å². The number of fused-ring (bicyclic) bond motifs is 6. The third-order valence-corrected chi connectivity index (χ3v) is 12.1. The topological polar surface area (TPSA) is 67.3 Å². The van der Waals surface area contributed by atoms with Crippen molar-refractivity contribution in [1.29, 1.82) is 0 Å². The van der Waals surface area contributed by atoms with E-state index in [1.807, 2.05) is 91.8 Å². The van der Waals surface area contributed by atoms with E-state index in [-0.39, 0.29) is 0 Å². The van der Waals surface area contributed by atoms with E-state index >= 15 is 0 Å². The molecule has 1 N–H and O–H groups in total. The molecule has 0 radical (unpaired) electrons. The highest BCUT2D eigenvalue weighted by Crippen LogP contribution is 2.41. The van der Waals surface area contributed by atoms with Crippen LogP contribution in [-0.2, 0) is 4.74 Å². The van der Waals surface area contributed by atoms with Gasteiger partial charge in [-0.25, -0.2) is 4.99 Å². The number of aliphatic imine (C=N–C) groups is 2. The number of hydrogen-bond acceptors (Lipinski definition) is 3. The molecule has 0 bridgehead atoms. The Morgan fingerprint density at radius 1 is 0.652 bits per heavy atom. The first kappa shape index (κ1) is 41.3. The molecule has 0 aliphatic heterocycles. The maximum Gasteiger partial charge on any atom is 0.231 e. The Morgan fingerprint density at radius 3 is 2.09 bits per heavy atom. The summed E-state index contributed by atoms with van der Waals surface area (Å²) in [6, 6.07) is 67.3. The summed E-state index contributed by atoms with van der Waals surface area (Å²) in [5.74, 6) is 1.60. The Morgan fingerprint density at radius 2 is 1.30 bits per heavy atom. The van der Waals surface area contributed by atoms with Gasteiger partial charge < -0.3 is 23.9 Å². The second kappa shape index (κ2) is 18.2. The molecule has 0 spiro atoms. The van der Waals surface area contributed by atoms with Gasteiger partial charge in [0.1, 0.15) is 22.8 Å². The molecule has 10 aromatic rings. The van der Waals surface area contributed by atoms with Gasteiger partial charge in [-0.1, -0.05) is 152 Å². The van der Waals surface area contributed by atoms with Crippen LogP contribution in [0.2, 0.25) is 0 Å². The lowest BCUT2D eigenvalue weighted by Gasteiger charge is -2.23. The van der Waals surface area contributed by atoms with Crippen LogP contribution in [0.1, 0.15) is 11.1 Å². The fourth-order valence-corrected chi connectivity index (χ4v) is 8.87. The van der Waals surface area contributed by atoms with E-state index in [4.69, 9.17) is 19.1 Å². The van der Waals surface area contributed by atoms with Gasteiger partial charge in [0.15, 0.2) is 0 Å². The highest BCUT2D eigenvalue weighted by atomic mass is 16.5. The lowest BCUT2D eigenvalue weighted by atomic mass is 9.92. The Bertz CT molecular complexity index is 3540. The van der Waals surface area contributed by atoms with Crippen molar-refractivity contribution in [3.05, 3.63) is 236 Å². The van der Waals surface area contributed by atoms with Crippen molar-refractivity contribution in [2.75, 3.05) is 26.1 Å². The van der Waals surface area contributed by atoms with Crippen molar-refractivity contribution in [3.8, 4) is 27.9 Å². The zero-order chi connectivity index (χ0) is 45.0. The van der Waals surface area contributed by atoms with Gasteiger partial charge in [0, 0.05) is 58.7 Å². The molecular formula is C59H47N5O2. The number of methoxy groups -OCH3 is 1. The van der Waals surface area contributed by atoms with Gasteiger partial charge in [0.2, 0.25) is 5.96 Å². The maximum absolute atomic E-state index is 6.48. The maximum atomic E-state index is 6.48. The predicted molar refractivity (Wildman–Crippen MR) is 277 cm³/mol. The summed E-state index contributed by atoms with van der Waals surface area (Å²) in [6.07, 6.45) is 5.60. The van der Waals surface area contributed by atoms with Crippen molar-refractivity contribution < 1.29 is 9.15 Å². The molecule has 0 atom stereocenters. The van der Waals surface area contributed by atoms with Crippen LogP contribution in [-0.4, -0.2) is 37.6 Å². The molecule has 0 unspecified atom stereocenters. The normalized spacial score (nSPS) is 12.4. The fourth-order valence-electron chi connectivity index (χ4n) is 8.87. The molecule has 320 valence electrons. The predicted octanol–water partition coefficient (Wildman–Crippen LogP) is 14.2. The minimum absolute atomic E-state index is 0.448. The minimum Gasteiger partial charge on any atom is -0.497 e. The lowest BCUT2D eigenvalue weighted by molar-refractivity contribution is 0.313. The second-order valence-electron chi connectivity index (χ2n) is 15.9. The lowest BCUT2D eigenvalue weighted by Crippen LogP contribution is -2.29. The van der Waals surface area contributed by atoms with Crippen molar-refractivity contribution >= 4 is 66.8 Å². The monoisotopic (exact) mass is 857 g/mol. The summed E-state index contributed by atoms with van der Waals surface area (Å²) in [7, 11) is 5.51. The average Bonchev–Trinajstić information content (AvgIpc) is 3.93. The van der Waals surface area contributed by atoms with E-state index in [9.17, 15) is 0 Å². The number of hydrogen-bond donors (Lipinski definition) is 1. The van der Waals surface area contributed by atoms with Crippen LogP contribution >= 0.6 is 0 Å². The summed E-state index contributed by atoms with van der Waals surface area (Å²) >= 11 is 0. The SMILES string of the molecule is C=C(OC)\C(=C/C=C\N=C(/N=C(\NC)c1cccc2c1oc1ccccc12)N(C)c1ccccc1-c1ccccc1-c1ccc2c(c1)c1ccccc1n2-c1ccccc1)c1ccccc1. The highest BCUT2D eigenvalue weighted by molar-refractivity contribution is 6.18. The van der Waals surface area contributed by atoms with Crippen LogP contribution in [0, 0.1) is 0 Å². The van der Waals surface area contributed by atoms with Gasteiger partial charge in [-0.2, -0.15) is 4.99 Å². The molecule has 2 heterocycles. The number of ether oxygens (including phenoxy) is 1. The number of benzene rings is 8. The number of allylic oxidation sites excluding steroid dienone is 3. The number of aromatic nitrogens is 1. The second-order valence-corrected chi connectivity index (χ2v) is 15.9. The van der Waals surface area contributed by atoms with E-state index < -0.39 is 0 Å². The van der Waals surface area contributed by atoms with Gasteiger partial charge in [-0.05, 0) is 82.9 Å². The first-order chi connectivity index (χ1) is 32.5. The van der Waals surface area contributed by atoms with E-state index in [0.717, 1.165) is 77.8 Å². The van der Waals surface area contributed by atoms with Crippen LogP contribution in [0.15, 0.2) is 239 Å². The minimum atomic E-state index is 0.448. The van der Waals surface area contributed by atoms with E-state index in [1.165, 1.54) is 16.3 Å². The summed E-state index contributed by atoms with van der Waals surface area (Å²) in [4.78, 5) is 12.4. The molecule has 0 saturated carbocycles. The van der Waals surface area contributed by atoms with Crippen molar-refractivity contribution in [2.45, 2.75) is 0 Å². The first-order valence-corrected chi connectivity index (χ1v) is 21.9. The average molecular weight is 858 g/mol. The van der Waals surface area contributed by atoms with E-state index in [2.05, 4.69) is 150 Å². The van der Waals surface area contributed by atoms with Gasteiger partial charge in [0.05, 0.1) is 29.4 Å². The first-order valence-electron chi connectivity index (χ1n) is 21.9. The number of furan rings is 1.